The monoisotopic (exact) mass is 354 g/mol. The minimum Gasteiger partial charge on any atom is -0.354 e. The lowest BCUT2D eigenvalue weighted by atomic mass is 10.1. The fourth-order valence-electron chi connectivity index (χ4n) is 2.23. The van der Waals surface area contributed by atoms with E-state index in [0.717, 1.165) is 11.4 Å². The first kappa shape index (κ1) is 17.9. The summed E-state index contributed by atoms with van der Waals surface area (Å²) < 4.78 is 3.14. The maximum absolute atomic E-state index is 12.1. The van der Waals surface area contributed by atoms with Crippen LogP contribution >= 0.6 is 11.6 Å². The van der Waals surface area contributed by atoms with Crippen molar-refractivity contribution in [3.05, 3.63) is 38.9 Å². The van der Waals surface area contributed by atoms with Crippen molar-refractivity contribution in [1.82, 2.24) is 24.9 Å². The molecule has 0 radical (unpaired) electrons. The Morgan fingerprint density at radius 2 is 2.21 bits per heavy atom. The average Bonchev–Trinajstić information content (AvgIpc) is 3.09. The van der Waals surface area contributed by atoms with Crippen LogP contribution in [-0.2, 0) is 17.9 Å². The van der Waals surface area contributed by atoms with Crippen LogP contribution in [0.25, 0.3) is 0 Å². The van der Waals surface area contributed by atoms with Crippen molar-refractivity contribution in [2.24, 2.45) is 5.92 Å². The van der Waals surface area contributed by atoms with Gasteiger partial charge in [-0.3, -0.25) is 24.3 Å². The molecule has 0 aliphatic heterocycles. The number of hydrogen-bond acceptors (Lipinski definition) is 5. The van der Waals surface area contributed by atoms with Crippen LogP contribution in [0.3, 0.4) is 0 Å². The zero-order chi connectivity index (χ0) is 17.9. The molecule has 0 aromatic carbocycles. The van der Waals surface area contributed by atoms with Gasteiger partial charge in [-0.1, -0.05) is 18.5 Å². The zero-order valence-electron chi connectivity index (χ0n) is 13.7. The van der Waals surface area contributed by atoms with Gasteiger partial charge >= 0.3 is 5.69 Å². The Balaban J connectivity index is 1.83. The number of aryl methyl sites for hydroxylation is 1. The molecule has 1 N–H and O–H groups in total. The van der Waals surface area contributed by atoms with Crippen molar-refractivity contribution in [3.63, 3.8) is 0 Å². The summed E-state index contributed by atoms with van der Waals surface area (Å²) in [6.45, 7) is 6.60. The fraction of sp³-hybridized carbons (Fsp3) is 0.500. The highest BCUT2D eigenvalue weighted by Gasteiger charge is 2.17. The molecule has 1 unspecified atom stereocenters. The van der Waals surface area contributed by atoms with Gasteiger partial charge in [0.05, 0.1) is 40.3 Å². The van der Waals surface area contributed by atoms with Crippen LogP contribution in [0, 0.1) is 29.9 Å². The number of hydrogen-bond donors (Lipinski definition) is 1. The van der Waals surface area contributed by atoms with E-state index in [4.69, 9.17) is 11.6 Å². The minimum atomic E-state index is -0.510. The molecule has 2 heterocycles. The number of amides is 1. The summed E-state index contributed by atoms with van der Waals surface area (Å²) in [6, 6.07) is 0. The van der Waals surface area contributed by atoms with Gasteiger partial charge in [0, 0.05) is 6.54 Å². The SMILES string of the molecule is Cc1nn(CC(C)C(=O)NCCn2cc([N+](=O)[O-])cn2)c(C)c1Cl. The van der Waals surface area contributed by atoms with Crippen molar-refractivity contribution in [3.8, 4) is 0 Å². The third-order valence-electron chi connectivity index (χ3n) is 3.66. The van der Waals surface area contributed by atoms with Gasteiger partial charge in [0.25, 0.3) is 0 Å². The Morgan fingerprint density at radius 3 is 2.75 bits per heavy atom. The Hall–Kier alpha value is -2.42. The first-order chi connectivity index (χ1) is 11.3. The van der Waals surface area contributed by atoms with E-state index in [1.807, 2.05) is 13.8 Å². The molecule has 9 nitrogen and oxygen atoms in total. The van der Waals surface area contributed by atoms with Crippen LogP contribution in [0.5, 0.6) is 0 Å². The number of rotatable bonds is 7. The molecule has 2 aromatic heterocycles. The number of halogens is 1. The lowest BCUT2D eigenvalue weighted by Crippen LogP contribution is -2.34. The maximum Gasteiger partial charge on any atom is 0.306 e. The molecule has 0 aliphatic rings. The summed E-state index contributed by atoms with van der Waals surface area (Å²) in [7, 11) is 0. The highest BCUT2D eigenvalue weighted by molar-refractivity contribution is 6.31. The number of nitrogens with zero attached hydrogens (tertiary/aromatic N) is 5. The van der Waals surface area contributed by atoms with Crippen molar-refractivity contribution >= 4 is 23.2 Å². The summed E-state index contributed by atoms with van der Waals surface area (Å²) >= 11 is 6.10. The molecule has 0 saturated carbocycles. The van der Waals surface area contributed by atoms with E-state index < -0.39 is 4.92 Å². The highest BCUT2D eigenvalue weighted by Crippen LogP contribution is 2.19. The predicted molar refractivity (Wildman–Crippen MR) is 87.8 cm³/mol. The number of carbonyl (C=O) groups is 1. The van der Waals surface area contributed by atoms with E-state index >= 15 is 0 Å². The van der Waals surface area contributed by atoms with Crippen LogP contribution in [0.4, 0.5) is 5.69 Å². The van der Waals surface area contributed by atoms with E-state index in [1.165, 1.54) is 17.1 Å². The molecule has 2 rings (SSSR count). The molecule has 0 aliphatic carbocycles. The van der Waals surface area contributed by atoms with Crippen LogP contribution < -0.4 is 5.32 Å². The number of aromatic nitrogens is 4. The largest absolute Gasteiger partial charge is 0.354 e. The first-order valence-corrected chi connectivity index (χ1v) is 7.81. The second kappa shape index (κ2) is 7.43. The summed E-state index contributed by atoms with van der Waals surface area (Å²) in [5.41, 5.74) is 1.50. The Kier molecular flexibility index (Phi) is 5.55. The van der Waals surface area contributed by atoms with Crippen molar-refractivity contribution in [2.75, 3.05) is 6.54 Å². The summed E-state index contributed by atoms with van der Waals surface area (Å²) in [6.07, 6.45) is 2.50. The van der Waals surface area contributed by atoms with Gasteiger partial charge in [0.15, 0.2) is 0 Å². The molecule has 0 spiro atoms. The number of carbonyl (C=O) groups excluding carboxylic acids is 1. The molecule has 10 heteroatoms. The van der Waals surface area contributed by atoms with E-state index in [1.54, 1.807) is 11.6 Å². The lowest BCUT2D eigenvalue weighted by molar-refractivity contribution is -0.385. The number of nitrogens with one attached hydrogen (secondary N) is 1. The molecule has 0 saturated heterocycles. The van der Waals surface area contributed by atoms with Gasteiger partial charge in [-0.05, 0) is 13.8 Å². The highest BCUT2D eigenvalue weighted by atomic mass is 35.5. The second-order valence-corrected chi connectivity index (χ2v) is 5.96. The molecule has 24 heavy (non-hydrogen) atoms. The topological polar surface area (TPSA) is 108 Å². The van der Waals surface area contributed by atoms with Gasteiger partial charge in [0.2, 0.25) is 5.91 Å². The standard InChI is InChI=1S/C14H19ClN6O3/c1-9(7-20-11(3)13(15)10(2)18-20)14(22)16-4-5-19-8-12(6-17-19)21(23)24/h6,8-9H,4-5,7H2,1-3H3,(H,16,22). The quantitative estimate of drug-likeness (QED) is 0.601. The first-order valence-electron chi connectivity index (χ1n) is 7.43. The summed E-state index contributed by atoms with van der Waals surface area (Å²) in [4.78, 5) is 22.2. The molecule has 2 aromatic rings. The van der Waals surface area contributed by atoms with Crippen LogP contribution in [-0.4, -0.2) is 36.9 Å². The fourth-order valence-corrected chi connectivity index (χ4v) is 2.37. The van der Waals surface area contributed by atoms with E-state index in [0.29, 0.717) is 24.7 Å². The average molecular weight is 355 g/mol. The minimum absolute atomic E-state index is 0.0731. The van der Waals surface area contributed by atoms with Gasteiger partial charge < -0.3 is 5.32 Å². The van der Waals surface area contributed by atoms with E-state index in [9.17, 15) is 14.9 Å². The molecule has 130 valence electrons. The van der Waals surface area contributed by atoms with Gasteiger partial charge in [-0.2, -0.15) is 10.2 Å². The van der Waals surface area contributed by atoms with Gasteiger partial charge in [0.1, 0.15) is 12.4 Å². The Labute approximate surface area is 143 Å². The maximum atomic E-state index is 12.1. The molecule has 1 atom stereocenters. The molecule has 1 amide bonds. The summed E-state index contributed by atoms with van der Waals surface area (Å²) in [5, 5.41) is 22.1. The van der Waals surface area contributed by atoms with Crippen LogP contribution in [0.2, 0.25) is 5.02 Å². The van der Waals surface area contributed by atoms with Crippen LogP contribution in [0.1, 0.15) is 18.3 Å². The number of nitro groups is 1. The van der Waals surface area contributed by atoms with Crippen molar-refractivity contribution in [1.29, 1.82) is 0 Å². The lowest BCUT2D eigenvalue weighted by Gasteiger charge is -2.13. The Bertz CT molecular complexity index is 754. The smallest absolute Gasteiger partial charge is 0.306 e. The molecule has 0 bridgehead atoms. The predicted octanol–water partition coefficient (Wildman–Crippen LogP) is 1.71. The molecular weight excluding hydrogens is 336 g/mol. The summed E-state index contributed by atoms with van der Waals surface area (Å²) in [5.74, 6) is -0.411. The normalized spacial score (nSPS) is 12.2. The molecular formula is C14H19ClN6O3. The molecule has 0 fully saturated rings. The second-order valence-electron chi connectivity index (χ2n) is 5.58. The van der Waals surface area contributed by atoms with Crippen molar-refractivity contribution in [2.45, 2.75) is 33.9 Å². The van der Waals surface area contributed by atoms with Crippen molar-refractivity contribution < 1.29 is 9.72 Å². The van der Waals surface area contributed by atoms with E-state index in [2.05, 4.69) is 15.5 Å². The van der Waals surface area contributed by atoms with E-state index in [-0.39, 0.29) is 17.5 Å². The van der Waals surface area contributed by atoms with Gasteiger partial charge in [-0.15, -0.1) is 0 Å². The zero-order valence-corrected chi connectivity index (χ0v) is 14.4. The van der Waals surface area contributed by atoms with Gasteiger partial charge in [-0.25, -0.2) is 0 Å². The third kappa shape index (κ3) is 4.10. The van der Waals surface area contributed by atoms with Crippen LogP contribution in [0.15, 0.2) is 12.4 Å². The Morgan fingerprint density at radius 1 is 1.50 bits per heavy atom. The third-order valence-corrected chi connectivity index (χ3v) is 4.21.